The van der Waals surface area contributed by atoms with E-state index in [4.69, 9.17) is 4.42 Å². The highest BCUT2D eigenvalue weighted by molar-refractivity contribution is 7.10. The van der Waals surface area contributed by atoms with Crippen LogP contribution in [0.1, 0.15) is 27.7 Å². The van der Waals surface area contributed by atoms with Gasteiger partial charge in [-0.25, -0.2) is 0 Å². The average Bonchev–Trinajstić information content (AvgIpc) is 3.06. The van der Waals surface area contributed by atoms with Gasteiger partial charge < -0.3 is 9.32 Å². The van der Waals surface area contributed by atoms with E-state index in [1.165, 1.54) is 4.88 Å². The first kappa shape index (κ1) is 11.7. The fourth-order valence-electron chi connectivity index (χ4n) is 2.71. The van der Waals surface area contributed by atoms with Crippen LogP contribution in [0.2, 0.25) is 0 Å². The van der Waals surface area contributed by atoms with E-state index in [2.05, 4.69) is 11.4 Å². The van der Waals surface area contributed by atoms with Gasteiger partial charge in [-0.2, -0.15) is 0 Å². The van der Waals surface area contributed by atoms with Gasteiger partial charge in [-0.1, -0.05) is 24.3 Å². The van der Waals surface area contributed by atoms with E-state index >= 15 is 0 Å². The maximum absolute atomic E-state index is 12.7. The van der Waals surface area contributed by atoms with E-state index < -0.39 is 0 Å². The van der Waals surface area contributed by atoms with Crippen LogP contribution in [-0.4, -0.2) is 17.4 Å². The number of fused-ring (bicyclic) bond motifs is 1. The lowest BCUT2D eigenvalue weighted by atomic mass is 9.99. The number of rotatable bonds is 2. The Kier molecular flexibility index (Phi) is 2.63. The zero-order chi connectivity index (χ0) is 13.5. The van der Waals surface area contributed by atoms with Gasteiger partial charge in [0.1, 0.15) is 11.8 Å². The summed E-state index contributed by atoms with van der Waals surface area (Å²) in [6, 6.07) is 12.0. The highest BCUT2D eigenvalue weighted by Gasteiger charge is 2.35. The molecule has 0 bridgehead atoms. The summed E-state index contributed by atoms with van der Waals surface area (Å²) in [7, 11) is 0. The summed E-state index contributed by atoms with van der Waals surface area (Å²) in [5, 5.41) is 2.96. The smallest absolute Gasteiger partial charge is 0.258 e. The van der Waals surface area contributed by atoms with Crippen molar-refractivity contribution in [2.24, 2.45) is 0 Å². The Morgan fingerprint density at radius 1 is 1.25 bits per heavy atom. The Balaban J connectivity index is 1.67. The highest BCUT2D eigenvalue weighted by Crippen LogP contribution is 2.37. The van der Waals surface area contributed by atoms with Crippen molar-refractivity contribution in [3.05, 3.63) is 58.5 Å². The molecule has 4 rings (SSSR count). The monoisotopic (exact) mass is 283 g/mol. The summed E-state index contributed by atoms with van der Waals surface area (Å²) in [5.74, 6) is 0.0691. The van der Waals surface area contributed by atoms with E-state index in [9.17, 15) is 4.79 Å². The van der Waals surface area contributed by atoms with Gasteiger partial charge >= 0.3 is 0 Å². The predicted octanol–water partition coefficient (Wildman–Crippen LogP) is 4.08. The zero-order valence-electron chi connectivity index (χ0n) is 10.8. The van der Waals surface area contributed by atoms with E-state index in [1.807, 2.05) is 35.2 Å². The second kappa shape index (κ2) is 4.49. The SMILES string of the molecule is O=C(c1coc2ccccc12)N1CC[C@@H]1c1cccs1. The maximum atomic E-state index is 12.7. The Labute approximate surface area is 120 Å². The van der Waals surface area contributed by atoms with Crippen molar-refractivity contribution >= 4 is 28.2 Å². The molecule has 4 heteroatoms. The maximum Gasteiger partial charge on any atom is 0.258 e. The van der Waals surface area contributed by atoms with Crippen molar-refractivity contribution in [3.63, 3.8) is 0 Å². The molecule has 0 radical (unpaired) electrons. The summed E-state index contributed by atoms with van der Waals surface area (Å²) in [6.07, 6.45) is 2.62. The molecule has 1 saturated heterocycles. The third-order valence-electron chi connectivity index (χ3n) is 3.86. The Morgan fingerprint density at radius 2 is 2.15 bits per heavy atom. The first-order chi connectivity index (χ1) is 9.84. The van der Waals surface area contributed by atoms with Gasteiger partial charge in [0, 0.05) is 16.8 Å². The highest BCUT2D eigenvalue weighted by atomic mass is 32.1. The minimum absolute atomic E-state index is 0.0691. The molecule has 1 aliphatic rings. The zero-order valence-corrected chi connectivity index (χ0v) is 11.6. The first-order valence-electron chi connectivity index (χ1n) is 6.65. The van der Waals surface area contributed by atoms with Crippen molar-refractivity contribution in [2.45, 2.75) is 12.5 Å². The number of thiophene rings is 1. The van der Waals surface area contributed by atoms with Crippen molar-refractivity contribution in [2.75, 3.05) is 6.54 Å². The van der Waals surface area contributed by atoms with Crippen LogP contribution in [0.3, 0.4) is 0 Å². The number of hydrogen-bond donors (Lipinski definition) is 0. The molecule has 3 aromatic rings. The molecule has 2 aromatic heterocycles. The van der Waals surface area contributed by atoms with Gasteiger partial charge in [0.15, 0.2) is 0 Å². The Bertz CT molecular complexity index is 760. The second-order valence-corrected chi connectivity index (χ2v) is 5.94. The lowest BCUT2D eigenvalue weighted by Crippen LogP contribution is -2.44. The number of carbonyl (C=O) groups excluding carboxylic acids is 1. The van der Waals surface area contributed by atoms with Crippen molar-refractivity contribution < 1.29 is 9.21 Å². The summed E-state index contributed by atoms with van der Waals surface area (Å²) < 4.78 is 5.47. The molecule has 1 amide bonds. The molecular weight excluding hydrogens is 270 g/mol. The molecule has 0 spiro atoms. The van der Waals surface area contributed by atoms with Crippen molar-refractivity contribution in [3.8, 4) is 0 Å². The minimum atomic E-state index is 0.0691. The summed E-state index contributed by atoms with van der Waals surface area (Å²) in [5.41, 5.74) is 1.44. The van der Waals surface area contributed by atoms with Crippen LogP contribution >= 0.6 is 11.3 Å². The van der Waals surface area contributed by atoms with E-state index in [0.29, 0.717) is 5.56 Å². The third-order valence-corrected chi connectivity index (χ3v) is 4.84. The van der Waals surface area contributed by atoms with Crippen LogP contribution in [0.5, 0.6) is 0 Å². The number of furan rings is 1. The number of hydrogen-bond acceptors (Lipinski definition) is 3. The van der Waals surface area contributed by atoms with Crippen LogP contribution in [-0.2, 0) is 0 Å². The molecule has 0 unspecified atom stereocenters. The average molecular weight is 283 g/mol. The van der Waals surface area contributed by atoms with Crippen LogP contribution in [0.25, 0.3) is 11.0 Å². The lowest BCUT2D eigenvalue weighted by Gasteiger charge is -2.40. The molecule has 20 heavy (non-hydrogen) atoms. The quantitative estimate of drug-likeness (QED) is 0.710. The van der Waals surface area contributed by atoms with E-state index in [0.717, 1.165) is 23.9 Å². The van der Waals surface area contributed by atoms with E-state index in [-0.39, 0.29) is 11.9 Å². The molecule has 0 saturated carbocycles. The van der Waals surface area contributed by atoms with Gasteiger partial charge in [-0.15, -0.1) is 11.3 Å². The number of benzene rings is 1. The minimum Gasteiger partial charge on any atom is -0.463 e. The molecule has 1 aliphatic heterocycles. The molecule has 0 aliphatic carbocycles. The molecule has 1 atom stereocenters. The number of carbonyl (C=O) groups is 1. The summed E-state index contributed by atoms with van der Waals surface area (Å²) in [6.45, 7) is 0.820. The first-order valence-corrected chi connectivity index (χ1v) is 7.53. The fourth-order valence-corrected chi connectivity index (χ4v) is 3.58. The van der Waals surface area contributed by atoms with Crippen LogP contribution in [0.4, 0.5) is 0 Å². The van der Waals surface area contributed by atoms with Crippen molar-refractivity contribution in [1.29, 1.82) is 0 Å². The molecule has 3 heterocycles. The molecule has 100 valence electrons. The van der Waals surface area contributed by atoms with Crippen LogP contribution in [0.15, 0.2) is 52.5 Å². The van der Waals surface area contributed by atoms with Gasteiger partial charge in [-0.05, 0) is 23.9 Å². The molecule has 0 N–H and O–H groups in total. The summed E-state index contributed by atoms with van der Waals surface area (Å²) >= 11 is 1.71. The van der Waals surface area contributed by atoms with Crippen molar-refractivity contribution in [1.82, 2.24) is 4.90 Å². The normalized spacial score (nSPS) is 18.2. The predicted molar refractivity (Wildman–Crippen MR) is 78.9 cm³/mol. The lowest BCUT2D eigenvalue weighted by molar-refractivity contribution is 0.0469. The summed E-state index contributed by atoms with van der Waals surface area (Å²) in [4.78, 5) is 15.9. The Hall–Kier alpha value is -2.07. The van der Waals surface area contributed by atoms with Crippen LogP contribution in [0, 0.1) is 0 Å². The van der Waals surface area contributed by atoms with Crippen LogP contribution < -0.4 is 0 Å². The van der Waals surface area contributed by atoms with Gasteiger partial charge in [0.25, 0.3) is 5.91 Å². The van der Waals surface area contributed by atoms with Gasteiger partial charge in [0.05, 0.1) is 11.6 Å². The largest absolute Gasteiger partial charge is 0.463 e. The number of amides is 1. The van der Waals surface area contributed by atoms with E-state index in [1.54, 1.807) is 17.6 Å². The fraction of sp³-hybridized carbons (Fsp3) is 0.188. The molecule has 1 aromatic carbocycles. The topological polar surface area (TPSA) is 33.5 Å². The Morgan fingerprint density at radius 3 is 2.90 bits per heavy atom. The standard InChI is InChI=1S/C16H13NO2S/c18-16(12-10-19-14-5-2-1-4-11(12)14)17-8-7-13(17)15-6-3-9-20-15/h1-6,9-10,13H,7-8H2/t13-/m1/s1. The number of nitrogens with zero attached hydrogens (tertiary/aromatic N) is 1. The molecule has 1 fully saturated rings. The van der Waals surface area contributed by atoms with Gasteiger partial charge in [0.2, 0.25) is 0 Å². The molecule has 3 nitrogen and oxygen atoms in total. The molecular formula is C16H13NO2S. The second-order valence-electron chi connectivity index (χ2n) is 4.96. The van der Waals surface area contributed by atoms with Gasteiger partial charge in [-0.3, -0.25) is 4.79 Å². The third kappa shape index (κ3) is 1.68. The number of para-hydroxylation sites is 1. The number of likely N-dealkylation sites (tertiary alicyclic amines) is 1.